The van der Waals surface area contributed by atoms with E-state index in [-0.39, 0.29) is 23.0 Å². The highest BCUT2D eigenvalue weighted by atomic mass is 16.3. The first-order valence-electron chi connectivity index (χ1n) is 12.7. The van der Waals surface area contributed by atoms with Crippen LogP contribution in [0, 0.1) is 0 Å². The molecule has 0 radical (unpaired) electrons. The summed E-state index contributed by atoms with van der Waals surface area (Å²) in [6, 6.07) is 23.2. The fraction of sp³-hybridized carbons (Fsp3) is 0.250. The van der Waals surface area contributed by atoms with Crippen LogP contribution in [0.1, 0.15) is 57.3 Å². The third-order valence-corrected chi connectivity index (χ3v) is 7.36. The molecule has 0 amide bonds. The molecule has 0 saturated carbocycles. The van der Waals surface area contributed by atoms with Crippen LogP contribution in [0.25, 0.3) is 0 Å². The highest BCUT2D eigenvalue weighted by Gasteiger charge is 2.15. The number of phenols is 4. The molecule has 4 aromatic rings. The van der Waals surface area contributed by atoms with Crippen molar-refractivity contribution in [2.24, 2.45) is 0 Å². The maximum Gasteiger partial charge on any atom is 0.122 e. The van der Waals surface area contributed by atoms with E-state index in [2.05, 4.69) is 0 Å². The first-order valence-corrected chi connectivity index (χ1v) is 12.7. The van der Waals surface area contributed by atoms with Gasteiger partial charge in [0.05, 0.1) is 0 Å². The van der Waals surface area contributed by atoms with Crippen molar-refractivity contribution in [3.05, 3.63) is 117 Å². The van der Waals surface area contributed by atoms with Crippen LogP contribution in [-0.2, 0) is 38.5 Å². The van der Waals surface area contributed by atoms with Crippen LogP contribution in [-0.4, -0.2) is 20.4 Å². The van der Waals surface area contributed by atoms with Crippen molar-refractivity contribution in [2.45, 2.75) is 51.4 Å². The zero-order chi connectivity index (χ0) is 25.1. The summed E-state index contributed by atoms with van der Waals surface area (Å²) in [5.74, 6) is 1.12. The summed E-state index contributed by atoms with van der Waals surface area (Å²) in [6.07, 6.45) is 5.16. The zero-order valence-electron chi connectivity index (χ0n) is 20.4. The molecule has 0 unspecified atom stereocenters. The molecule has 0 aromatic heterocycles. The van der Waals surface area contributed by atoms with Gasteiger partial charge in [-0.1, -0.05) is 72.8 Å². The maximum absolute atomic E-state index is 11.0. The maximum atomic E-state index is 11.0. The number of aryl methyl sites for hydroxylation is 4. The van der Waals surface area contributed by atoms with Gasteiger partial charge < -0.3 is 20.4 Å². The molecule has 0 saturated heterocycles. The van der Waals surface area contributed by atoms with E-state index in [9.17, 15) is 20.4 Å². The number of para-hydroxylation sites is 4. The first-order chi connectivity index (χ1) is 17.5. The van der Waals surface area contributed by atoms with Gasteiger partial charge in [0.15, 0.2) is 0 Å². The fourth-order valence-electron chi connectivity index (χ4n) is 5.30. The van der Waals surface area contributed by atoms with Crippen molar-refractivity contribution in [1.82, 2.24) is 0 Å². The number of aromatic hydroxyl groups is 4. The Balaban J connectivity index is 1.52. The van der Waals surface area contributed by atoms with Crippen LogP contribution in [0.15, 0.2) is 72.8 Å². The Morgan fingerprint density at radius 1 is 0.333 bits per heavy atom. The van der Waals surface area contributed by atoms with Crippen molar-refractivity contribution in [2.75, 3.05) is 0 Å². The molecule has 4 nitrogen and oxygen atoms in total. The van der Waals surface area contributed by atoms with Crippen LogP contribution in [0.5, 0.6) is 23.0 Å². The molecule has 1 aliphatic carbocycles. The van der Waals surface area contributed by atoms with Crippen LogP contribution in [0.3, 0.4) is 0 Å². The van der Waals surface area contributed by atoms with Crippen LogP contribution < -0.4 is 0 Å². The minimum Gasteiger partial charge on any atom is -0.507 e. The second kappa shape index (κ2) is 10.4. The molecule has 0 spiro atoms. The number of phenolic OH excluding ortho intramolecular Hbond substituents is 4. The van der Waals surface area contributed by atoms with E-state index in [0.29, 0.717) is 38.5 Å². The van der Waals surface area contributed by atoms with Gasteiger partial charge in [-0.3, -0.25) is 0 Å². The van der Waals surface area contributed by atoms with Gasteiger partial charge in [-0.15, -0.1) is 0 Å². The number of rotatable bonds is 0. The van der Waals surface area contributed by atoms with Crippen molar-refractivity contribution >= 4 is 0 Å². The summed E-state index contributed by atoms with van der Waals surface area (Å²) in [7, 11) is 0. The van der Waals surface area contributed by atoms with E-state index in [1.807, 2.05) is 72.8 Å². The summed E-state index contributed by atoms with van der Waals surface area (Å²) in [5.41, 5.74) is 6.65. The summed E-state index contributed by atoms with van der Waals surface area (Å²) in [5, 5.41) is 43.9. The highest BCUT2D eigenvalue weighted by Crippen LogP contribution is 2.34. The van der Waals surface area contributed by atoms with E-state index in [4.69, 9.17) is 0 Å². The highest BCUT2D eigenvalue weighted by molar-refractivity contribution is 5.50. The van der Waals surface area contributed by atoms with Gasteiger partial charge in [0.1, 0.15) is 23.0 Å². The zero-order valence-corrected chi connectivity index (χ0v) is 20.4. The number of fused-ring (bicyclic) bond motifs is 8. The average Bonchev–Trinajstić information content (AvgIpc) is 2.87. The predicted octanol–water partition coefficient (Wildman–Crippen LogP) is 6.35. The summed E-state index contributed by atoms with van der Waals surface area (Å²) in [4.78, 5) is 0. The summed E-state index contributed by atoms with van der Waals surface area (Å²) in [6.45, 7) is 0. The predicted molar refractivity (Wildman–Crippen MR) is 142 cm³/mol. The Bertz CT molecular complexity index is 1180. The SMILES string of the molecule is Oc1c2cccc1Cc1cccc(c1O)CCCc1cccc(c1O)Cc1cccc(c1O)CCC2. The Hall–Kier alpha value is -3.92. The number of hydrogen-bond acceptors (Lipinski definition) is 4. The van der Waals surface area contributed by atoms with Gasteiger partial charge >= 0.3 is 0 Å². The van der Waals surface area contributed by atoms with Crippen molar-refractivity contribution < 1.29 is 20.4 Å². The van der Waals surface area contributed by atoms with E-state index >= 15 is 0 Å². The standard InChI is InChI=1S/C32H32O4/c33-29-21-7-1-8-22-12-4-16-26(30(22)34)20-28-18-6-14-24(32(28)36)10-2-9-23-13-5-17-27(31(23)35)19-25(29)15-3-11-21/h3-6,11-18,33-36H,1-2,7-10,19-20H2. The molecule has 0 aliphatic heterocycles. The first kappa shape index (κ1) is 23.8. The largest absolute Gasteiger partial charge is 0.507 e. The van der Waals surface area contributed by atoms with E-state index in [0.717, 1.165) is 57.3 Å². The Kier molecular flexibility index (Phi) is 6.86. The van der Waals surface area contributed by atoms with Gasteiger partial charge in [-0.25, -0.2) is 0 Å². The molecular formula is C32H32O4. The second-order valence-electron chi connectivity index (χ2n) is 9.76. The van der Waals surface area contributed by atoms with Gasteiger partial charge in [0.25, 0.3) is 0 Å². The molecule has 36 heavy (non-hydrogen) atoms. The number of benzene rings is 4. The molecule has 0 atom stereocenters. The monoisotopic (exact) mass is 480 g/mol. The third kappa shape index (κ3) is 4.90. The minimum atomic E-state index is 0.281. The summed E-state index contributed by atoms with van der Waals surface area (Å²) >= 11 is 0. The molecular weight excluding hydrogens is 448 g/mol. The van der Waals surface area contributed by atoms with Gasteiger partial charge in [-0.2, -0.15) is 0 Å². The third-order valence-electron chi connectivity index (χ3n) is 7.36. The fourth-order valence-corrected chi connectivity index (χ4v) is 5.30. The Labute approximate surface area is 212 Å². The smallest absolute Gasteiger partial charge is 0.122 e. The molecule has 184 valence electrons. The van der Waals surface area contributed by atoms with Gasteiger partial charge in [0.2, 0.25) is 0 Å². The quantitative estimate of drug-likeness (QED) is 0.236. The van der Waals surface area contributed by atoms with Gasteiger partial charge in [-0.05, 0) is 83.0 Å². The van der Waals surface area contributed by atoms with Crippen molar-refractivity contribution in [1.29, 1.82) is 0 Å². The number of hydrogen-bond donors (Lipinski definition) is 4. The van der Waals surface area contributed by atoms with Gasteiger partial charge in [0, 0.05) is 12.8 Å². The van der Waals surface area contributed by atoms with E-state index in [1.54, 1.807) is 0 Å². The lowest BCUT2D eigenvalue weighted by atomic mass is 9.93. The van der Waals surface area contributed by atoms with E-state index in [1.165, 1.54) is 0 Å². The Morgan fingerprint density at radius 3 is 0.806 bits per heavy atom. The molecule has 0 heterocycles. The molecule has 1 aliphatic rings. The van der Waals surface area contributed by atoms with E-state index < -0.39 is 0 Å². The lowest BCUT2D eigenvalue weighted by Gasteiger charge is -2.15. The molecule has 4 aromatic carbocycles. The minimum absolute atomic E-state index is 0.281. The molecule has 4 heteroatoms. The molecule has 0 fully saturated rings. The van der Waals surface area contributed by atoms with Crippen LogP contribution in [0.4, 0.5) is 0 Å². The lowest BCUT2D eigenvalue weighted by molar-refractivity contribution is 0.451. The normalized spacial score (nSPS) is 14.2. The molecule has 4 N–H and O–H groups in total. The summed E-state index contributed by atoms with van der Waals surface area (Å²) < 4.78 is 0. The Morgan fingerprint density at radius 2 is 0.556 bits per heavy atom. The molecule has 5 rings (SSSR count). The second-order valence-corrected chi connectivity index (χ2v) is 9.76. The van der Waals surface area contributed by atoms with Crippen LogP contribution in [0.2, 0.25) is 0 Å². The average molecular weight is 481 g/mol. The van der Waals surface area contributed by atoms with Crippen molar-refractivity contribution in [3.63, 3.8) is 0 Å². The van der Waals surface area contributed by atoms with Crippen molar-refractivity contribution in [3.8, 4) is 23.0 Å². The topological polar surface area (TPSA) is 80.9 Å². The molecule has 8 bridgehead atoms. The lowest BCUT2D eigenvalue weighted by Crippen LogP contribution is -1.99. The van der Waals surface area contributed by atoms with Crippen LogP contribution >= 0.6 is 0 Å².